The Morgan fingerprint density at radius 3 is 2.64 bits per heavy atom. The largest absolute Gasteiger partial charge is 0.316 e. The zero-order valence-electron chi connectivity index (χ0n) is 6.48. The van der Waals surface area contributed by atoms with Crippen LogP contribution in [0.25, 0.3) is 0 Å². The Bertz CT molecular complexity index is 122. The molecule has 0 amide bonds. The molecule has 0 saturated heterocycles. The zero-order valence-corrected chi connectivity index (χ0v) is 7.29. The van der Waals surface area contributed by atoms with Crippen molar-refractivity contribution >= 4 is 12.0 Å². The number of hydrogen-bond donors (Lipinski definition) is 0. The lowest BCUT2D eigenvalue weighted by molar-refractivity contribution is -0.113. The predicted octanol–water partition coefficient (Wildman–Crippen LogP) is 2.72. The third-order valence-electron chi connectivity index (χ3n) is 1.90. The van der Waals surface area contributed by atoms with E-state index in [1.165, 1.54) is 12.0 Å². The second-order valence-electron chi connectivity index (χ2n) is 2.91. The van der Waals surface area contributed by atoms with E-state index in [2.05, 4.69) is 0 Å². The molecule has 1 fully saturated rings. The molecule has 0 aromatic heterocycles. The third kappa shape index (κ3) is 2.95. The Hall–Kier alpha value is 0.170. The smallest absolute Gasteiger partial charge is 0.248 e. The van der Waals surface area contributed by atoms with Crippen molar-refractivity contribution in [3.8, 4) is 0 Å². The number of alkyl halides is 2. The van der Waals surface area contributed by atoms with Crippen LogP contribution in [-0.2, 0) is 4.18 Å². The topological polar surface area (TPSA) is 9.23 Å². The maximum atomic E-state index is 12.3. The molecular formula is C7H12F2OS. The van der Waals surface area contributed by atoms with Crippen molar-refractivity contribution < 1.29 is 13.0 Å². The van der Waals surface area contributed by atoms with Crippen molar-refractivity contribution in [2.24, 2.45) is 5.92 Å². The highest BCUT2D eigenvalue weighted by Crippen LogP contribution is 2.43. The number of rotatable bonds is 4. The molecule has 0 bridgehead atoms. The summed E-state index contributed by atoms with van der Waals surface area (Å²) >= 11 is 1.29. The van der Waals surface area contributed by atoms with Gasteiger partial charge in [0.1, 0.15) is 0 Å². The summed E-state index contributed by atoms with van der Waals surface area (Å²) in [5.74, 6) is -2.18. The summed E-state index contributed by atoms with van der Waals surface area (Å²) in [5.41, 5.74) is 0. The number of halogens is 2. The highest BCUT2D eigenvalue weighted by Gasteiger charge is 2.44. The van der Waals surface area contributed by atoms with Crippen LogP contribution in [0.2, 0.25) is 0 Å². The van der Waals surface area contributed by atoms with Crippen LogP contribution in [0.3, 0.4) is 0 Å². The second-order valence-corrected chi connectivity index (χ2v) is 3.48. The molecule has 66 valence electrons. The van der Waals surface area contributed by atoms with Gasteiger partial charge in [-0.15, -0.1) is 0 Å². The average Bonchev–Trinajstić information content (AvgIpc) is 1.84. The quantitative estimate of drug-likeness (QED) is 0.488. The van der Waals surface area contributed by atoms with Crippen LogP contribution in [0.4, 0.5) is 8.78 Å². The molecule has 4 heteroatoms. The first kappa shape index (κ1) is 9.26. The Kier molecular flexibility index (Phi) is 3.13. The van der Waals surface area contributed by atoms with E-state index in [9.17, 15) is 8.78 Å². The van der Waals surface area contributed by atoms with E-state index >= 15 is 0 Å². The minimum Gasteiger partial charge on any atom is -0.316 e. The molecule has 0 heterocycles. The van der Waals surface area contributed by atoms with Gasteiger partial charge in [0, 0.05) is 19.1 Å². The van der Waals surface area contributed by atoms with Crippen LogP contribution in [0, 0.1) is 5.92 Å². The molecule has 1 aliphatic rings. The fourth-order valence-corrected chi connectivity index (χ4v) is 1.55. The highest BCUT2D eigenvalue weighted by molar-refractivity contribution is 7.93. The Balaban J connectivity index is 1.96. The van der Waals surface area contributed by atoms with Crippen LogP contribution in [-0.4, -0.2) is 18.8 Å². The van der Waals surface area contributed by atoms with Gasteiger partial charge in [-0.05, 0) is 24.4 Å². The molecule has 1 saturated carbocycles. The molecule has 0 N–H and O–H groups in total. The van der Waals surface area contributed by atoms with Crippen LogP contribution >= 0.6 is 12.0 Å². The van der Waals surface area contributed by atoms with Gasteiger partial charge in [-0.1, -0.05) is 0 Å². The second kappa shape index (κ2) is 3.72. The van der Waals surface area contributed by atoms with Gasteiger partial charge < -0.3 is 4.18 Å². The monoisotopic (exact) mass is 182 g/mol. The normalized spacial score (nSPS) is 23.2. The molecule has 0 radical (unpaired) electrons. The molecular weight excluding hydrogens is 170 g/mol. The molecule has 1 rings (SSSR count). The summed E-state index contributed by atoms with van der Waals surface area (Å²) < 4.78 is 29.5. The molecule has 0 unspecified atom stereocenters. The van der Waals surface area contributed by atoms with E-state index in [0.717, 1.165) is 6.42 Å². The van der Waals surface area contributed by atoms with Gasteiger partial charge in [-0.2, -0.15) is 0 Å². The maximum absolute atomic E-state index is 12.3. The molecule has 0 spiro atoms. The minimum absolute atomic E-state index is 0.0603. The van der Waals surface area contributed by atoms with Crippen molar-refractivity contribution in [3.63, 3.8) is 0 Å². The van der Waals surface area contributed by atoms with E-state index in [4.69, 9.17) is 4.18 Å². The van der Waals surface area contributed by atoms with Crippen molar-refractivity contribution in [2.45, 2.75) is 25.2 Å². The van der Waals surface area contributed by atoms with Crippen LogP contribution in [0.15, 0.2) is 0 Å². The Labute approximate surface area is 69.7 Å². The lowest BCUT2D eigenvalue weighted by Gasteiger charge is -2.34. The molecule has 0 aromatic carbocycles. The van der Waals surface area contributed by atoms with Crippen LogP contribution in [0.5, 0.6) is 0 Å². The van der Waals surface area contributed by atoms with Crippen LogP contribution < -0.4 is 0 Å². The van der Waals surface area contributed by atoms with Gasteiger partial charge in [-0.25, -0.2) is 8.78 Å². The summed E-state index contributed by atoms with van der Waals surface area (Å²) in [7, 11) is 0. The van der Waals surface area contributed by atoms with Crippen molar-refractivity contribution in [3.05, 3.63) is 0 Å². The van der Waals surface area contributed by atoms with Crippen molar-refractivity contribution in [1.29, 1.82) is 0 Å². The molecule has 0 aromatic rings. The summed E-state index contributed by atoms with van der Waals surface area (Å²) in [4.78, 5) is 0. The lowest BCUT2D eigenvalue weighted by Crippen LogP contribution is -2.35. The zero-order chi connectivity index (χ0) is 8.32. The minimum atomic E-state index is -2.37. The van der Waals surface area contributed by atoms with Crippen molar-refractivity contribution in [2.75, 3.05) is 12.9 Å². The fraction of sp³-hybridized carbons (Fsp3) is 1.00. The first-order valence-electron chi connectivity index (χ1n) is 3.67. The van der Waals surface area contributed by atoms with Gasteiger partial charge in [-0.3, -0.25) is 0 Å². The highest BCUT2D eigenvalue weighted by atomic mass is 32.2. The fourth-order valence-electron chi connectivity index (χ4n) is 1.29. The molecule has 1 aliphatic carbocycles. The van der Waals surface area contributed by atoms with Crippen molar-refractivity contribution in [1.82, 2.24) is 0 Å². The standard InChI is InChI=1S/C7H12F2OS/c1-11-10-3-2-6-4-7(8,9)5-6/h6H,2-5H2,1H3. The first-order valence-corrected chi connectivity index (χ1v) is 4.82. The third-order valence-corrected chi connectivity index (χ3v) is 2.30. The summed E-state index contributed by atoms with van der Waals surface area (Å²) in [6.45, 7) is 0.599. The maximum Gasteiger partial charge on any atom is 0.248 e. The molecule has 0 atom stereocenters. The first-order chi connectivity index (χ1) is 5.14. The predicted molar refractivity (Wildman–Crippen MR) is 41.8 cm³/mol. The summed E-state index contributed by atoms with van der Waals surface area (Å²) in [5, 5.41) is 0. The van der Waals surface area contributed by atoms with Gasteiger partial charge in [0.2, 0.25) is 5.92 Å². The van der Waals surface area contributed by atoms with Gasteiger partial charge in [0.25, 0.3) is 0 Å². The lowest BCUT2D eigenvalue weighted by atomic mass is 9.79. The van der Waals surface area contributed by atoms with Crippen LogP contribution in [0.1, 0.15) is 19.3 Å². The summed E-state index contributed by atoms with van der Waals surface area (Å²) in [6, 6.07) is 0. The SMILES string of the molecule is CSOCCC1CC(F)(F)C1. The Morgan fingerprint density at radius 1 is 1.55 bits per heavy atom. The van der Waals surface area contributed by atoms with E-state index in [0.29, 0.717) is 6.61 Å². The van der Waals surface area contributed by atoms with E-state index in [1.54, 1.807) is 0 Å². The Morgan fingerprint density at radius 2 is 2.18 bits per heavy atom. The van der Waals surface area contributed by atoms with E-state index in [-0.39, 0.29) is 18.8 Å². The van der Waals surface area contributed by atoms with Gasteiger partial charge in [0.15, 0.2) is 0 Å². The van der Waals surface area contributed by atoms with Gasteiger partial charge in [0.05, 0.1) is 6.61 Å². The number of hydrogen-bond acceptors (Lipinski definition) is 2. The van der Waals surface area contributed by atoms with Gasteiger partial charge >= 0.3 is 0 Å². The van der Waals surface area contributed by atoms with E-state index in [1.807, 2.05) is 6.26 Å². The van der Waals surface area contributed by atoms with E-state index < -0.39 is 5.92 Å². The summed E-state index contributed by atoms with van der Waals surface area (Å²) in [6.07, 6.45) is 2.72. The molecule has 11 heavy (non-hydrogen) atoms. The average molecular weight is 182 g/mol. The molecule has 1 nitrogen and oxygen atoms in total. The molecule has 0 aliphatic heterocycles.